The van der Waals surface area contributed by atoms with Crippen LogP contribution in [-0.4, -0.2) is 21.5 Å². The zero-order chi connectivity index (χ0) is 10.8. The third-order valence-electron chi connectivity index (χ3n) is 2.74. The number of rotatable bonds is 1. The fraction of sp³-hybridized carbons (Fsp3) is 0.556. The Kier molecular flexibility index (Phi) is 2.59. The number of piperidine rings is 1. The first-order valence-corrected chi connectivity index (χ1v) is 5.05. The number of nitrogens with one attached hydrogen (secondary N) is 2. The Morgan fingerprint density at radius 2 is 2.40 bits per heavy atom. The van der Waals surface area contributed by atoms with E-state index < -0.39 is 0 Å². The second-order valence-electron chi connectivity index (χ2n) is 3.74. The quantitative estimate of drug-likeness (QED) is 0.489. The summed E-state index contributed by atoms with van der Waals surface area (Å²) in [5.74, 6) is 0.203. The Balaban J connectivity index is 2.35. The first-order valence-electron chi connectivity index (χ1n) is 5.05. The number of nitrogens with two attached hydrogens (primary N) is 1. The second kappa shape index (κ2) is 3.90. The summed E-state index contributed by atoms with van der Waals surface area (Å²) in [4.78, 5) is 3.77. The first kappa shape index (κ1) is 9.97. The molecule has 2 rings (SSSR count). The Bertz CT molecular complexity index is 407. The number of nitrogen functional groups attached to an aromatic ring is 1. The summed E-state index contributed by atoms with van der Waals surface area (Å²) in [7, 11) is 0. The first-order chi connectivity index (χ1) is 7.20. The van der Waals surface area contributed by atoms with Gasteiger partial charge in [0.2, 0.25) is 0 Å². The lowest BCUT2D eigenvalue weighted by Crippen LogP contribution is -2.31. The molecule has 0 aliphatic carbocycles. The van der Waals surface area contributed by atoms with Gasteiger partial charge in [0.15, 0.2) is 0 Å². The molecule has 1 fully saturated rings. The van der Waals surface area contributed by atoms with Crippen LogP contribution < -0.4 is 16.7 Å². The third-order valence-corrected chi connectivity index (χ3v) is 2.74. The number of nitrogens with zero attached hydrogens (tertiary/aromatic N) is 2. The van der Waals surface area contributed by atoms with Gasteiger partial charge in [0.25, 0.3) is 5.62 Å². The minimum absolute atomic E-state index is 0.144. The number of hydrogen-bond donors (Lipinski definition) is 4. The van der Waals surface area contributed by atoms with Gasteiger partial charge in [0, 0.05) is 17.8 Å². The van der Waals surface area contributed by atoms with Crippen LogP contribution >= 0.6 is 0 Å². The van der Waals surface area contributed by atoms with Gasteiger partial charge in [-0.2, -0.15) is 0 Å². The van der Waals surface area contributed by atoms with Crippen molar-refractivity contribution in [3.63, 3.8) is 0 Å². The summed E-state index contributed by atoms with van der Waals surface area (Å²) in [5.41, 5.74) is 6.26. The Labute approximate surface area is 87.2 Å². The lowest BCUT2D eigenvalue weighted by atomic mass is 9.99. The maximum atomic E-state index is 9.43. The largest absolute Gasteiger partial charge is 0.423 e. The van der Waals surface area contributed by atoms with Crippen molar-refractivity contribution in [2.45, 2.75) is 25.3 Å². The maximum Gasteiger partial charge on any atom is 0.257 e. The zero-order valence-corrected chi connectivity index (χ0v) is 8.40. The molecule has 82 valence electrons. The highest BCUT2D eigenvalue weighted by Crippen LogP contribution is 2.25. The predicted octanol–water partition coefficient (Wildman–Crippen LogP) is -0.00333. The fourth-order valence-electron chi connectivity index (χ4n) is 1.87. The lowest BCUT2D eigenvalue weighted by molar-refractivity contribution is 0.169. The van der Waals surface area contributed by atoms with E-state index in [0.717, 1.165) is 24.9 Å². The van der Waals surface area contributed by atoms with Crippen LogP contribution in [0.2, 0.25) is 0 Å². The van der Waals surface area contributed by atoms with Crippen molar-refractivity contribution in [2.75, 3.05) is 12.3 Å². The van der Waals surface area contributed by atoms with Crippen LogP contribution in [0, 0.1) is 5.41 Å². The van der Waals surface area contributed by atoms with E-state index >= 15 is 0 Å². The van der Waals surface area contributed by atoms with Crippen LogP contribution in [-0.2, 0) is 0 Å². The van der Waals surface area contributed by atoms with E-state index in [2.05, 4.69) is 10.3 Å². The monoisotopic (exact) mass is 209 g/mol. The van der Waals surface area contributed by atoms with E-state index in [1.807, 2.05) is 0 Å². The number of anilines is 1. The molecule has 6 nitrogen and oxygen atoms in total. The minimum Gasteiger partial charge on any atom is -0.423 e. The van der Waals surface area contributed by atoms with E-state index in [0.29, 0.717) is 4.73 Å². The van der Waals surface area contributed by atoms with Crippen molar-refractivity contribution in [3.8, 4) is 0 Å². The number of aromatic nitrogens is 2. The van der Waals surface area contributed by atoms with Gasteiger partial charge in [-0.15, -0.1) is 4.73 Å². The minimum atomic E-state index is -0.243. The van der Waals surface area contributed by atoms with Crippen LogP contribution in [0.3, 0.4) is 0 Å². The third kappa shape index (κ3) is 1.80. The van der Waals surface area contributed by atoms with Gasteiger partial charge in [-0.1, -0.05) is 6.42 Å². The molecule has 0 amide bonds. The summed E-state index contributed by atoms with van der Waals surface area (Å²) in [6, 6.07) is 0.144. The summed E-state index contributed by atoms with van der Waals surface area (Å²) < 4.78 is 0.617. The van der Waals surface area contributed by atoms with Crippen LogP contribution in [0.25, 0.3) is 0 Å². The molecule has 6 heteroatoms. The van der Waals surface area contributed by atoms with Crippen molar-refractivity contribution < 1.29 is 5.21 Å². The van der Waals surface area contributed by atoms with Crippen molar-refractivity contribution in [1.82, 2.24) is 15.0 Å². The summed E-state index contributed by atoms with van der Waals surface area (Å²) >= 11 is 0. The molecule has 1 aromatic heterocycles. The smallest absolute Gasteiger partial charge is 0.257 e. The van der Waals surface area contributed by atoms with E-state index in [1.54, 1.807) is 6.20 Å². The molecule has 1 aliphatic heterocycles. The van der Waals surface area contributed by atoms with Gasteiger partial charge in [0.05, 0.1) is 0 Å². The highest BCUT2D eigenvalue weighted by Gasteiger charge is 2.19. The molecule has 5 N–H and O–H groups in total. The van der Waals surface area contributed by atoms with Crippen LogP contribution in [0.15, 0.2) is 6.20 Å². The fourth-order valence-corrected chi connectivity index (χ4v) is 1.87. The van der Waals surface area contributed by atoms with Gasteiger partial charge >= 0.3 is 0 Å². The van der Waals surface area contributed by atoms with E-state index in [4.69, 9.17) is 11.1 Å². The van der Waals surface area contributed by atoms with Gasteiger partial charge < -0.3 is 16.3 Å². The Hall–Kier alpha value is -1.56. The summed E-state index contributed by atoms with van der Waals surface area (Å²) in [5, 5.41) is 20.0. The van der Waals surface area contributed by atoms with E-state index in [-0.39, 0.29) is 17.5 Å². The van der Waals surface area contributed by atoms with Crippen LogP contribution in [0.5, 0.6) is 0 Å². The summed E-state index contributed by atoms with van der Waals surface area (Å²) in [6.45, 7) is 0.957. The van der Waals surface area contributed by atoms with Crippen LogP contribution in [0.4, 0.5) is 5.82 Å². The molecular formula is C9H15N5O. The van der Waals surface area contributed by atoms with Gasteiger partial charge in [0.1, 0.15) is 5.82 Å². The summed E-state index contributed by atoms with van der Waals surface area (Å²) in [6.07, 6.45) is 4.86. The van der Waals surface area contributed by atoms with Crippen molar-refractivity contribution in [2.24, 2.45) is 0 Å². The van der Waals surface area contributed by atoms with Gasteiger partial charge in [-0.25, -0.2) is 4.98 Å². The van der Waals surface area contributed by atoms with E-state index in [9.17, 15) is 5.21 Å². The average molecular weight is 209 g/mol. The maximum absolute atomic E-state index is 9.43. The molecule has 1 atom stereocenters. The topological polar surface area (TPSA) is 100.0 Å². The predicted molar refractivity (Wildman–Crippen MR) is 54.3 cm³/mol. The van der Waals surface area contributed by atoms with Crippen molar-refractivity contribution >= 4 is 5.82 Å². The van der Waals surface area contributed by atoms with Crippen LogP contribution in [0.1, 0.15) is 30.9 Å². The van der Waals surface area contributed by atoms with Crippen molar-refractivity contribution in [1.29, 1.82) is 5.41 Å². The lowest BCUT2D eigenvalue weighted by Gasteiger charge is -2.24. The van der Waals surface area contributed by atoms with Gasteiger partial charge in [-0.05, 0) is 19.4 Å². The highest BCUT2D eigenvalue weighted by molar-refractivity contribution is 5.39. The number of hydrogen-bond acceptors (Lipinski definition) is 5. The molecule has 1 unspecified atom stereocenters. The SMILES string of the molecule is N=c1ncc(C2CCCCN2)c(N)n1O. The molecule has 1 saturated heterocycles. The van der Waals surface area contributed by atoms with Gasteiger partial charge in [-0.3, -0.25) is 5.41 Å². The molecule has 0 bridgehead atoms. The molecule has 1 aliphatic rings. The van der Waals surface area contributed by atoms with E-state index in [1.165, 1.54) is 6.42 Å². The highest BCUT2D eigenvalue weighted by atomic mass is 16.5. The molecule has 2 heterocycles. The normalized spacial score (nSPS) is 21.5. The molecule has 0 radical (unpaired) electrons. The average Bonchev–Trinajstić information content (AvgIpc) is 2.27. The zero-order valence-electron chi connectivity index (χ0n) is 8.40. The molecule has 0 spiro atoms. The standard InChI is InChI=1S/C9H15N5O/c10-8-6(5-13-9(11)14(8)15)7-3-1-2-4-12-7/h5,7,11-12,15H,1-4,10H2. The second-order valence-corrected chi connectivity index (χ2v) is 3.74. The molecular weight excluding hydrogens is 194 g/mol. The Morgan fingerprint density at radius 3 is 3.07 bits per heavy atom. The van der Waals surface area contributed by atoms with Crippen molar-refractivity contribution in [3.05, 3.63) is 17.4 Å². The molecule has 1 aromatic rings. The molecule has 15 heavy (non-hydrogen) atoms. The molecule has 0 aromatic carbocycles. The molecule has 0 saturated carbocycles. The Morgan fingerprint density at radius 1 is 1.60 bits per heavy atom.